The topological polar surface area (TPSA) is 21.3 Å². The van der Waals surface area contributed by atoms with E-state index in [1.54, 1.807) is 0 Å². The van der Waals surface area contributed by atoms with E-state index in [1.807, 2.05) is 30.3 Å². The highest BCUT2D eigenvalue weighted by atomic mass is 79.9. The molecule has 0 saturated heterocycles. The summed E-state index contributed by atoms with van der Waals surface area (Å²) in [6.07, 6.45) is 0. The molecule has 21 heavy (non-hydrogen) atoms. The fraction of sp³-hybridized carbons (Fsp3) is 0.294. The highest BCUT2D eigenvalue weighted by Crippen LogP contribution is 2.34. The Morgan fingerprint density at radius 1 is 0.952 bits per heavy atom. The molecule has 4 heteroatoms. The van der Waals surface area contributed by atoms with Gasteiger partial charge in [0.05, 0.1) is 8.95 Å². The van der Waals surface area contributed by atoms with E-state index in [-0.39, 0.29) is 5.54 Å². The predicted molar refractivity (Wildman–Crippen MR) is 95.0 cm³/mol. The first-order valence-electron chi connectivity index (χ1n) is 6.81. The SMILES string of the molecule is CC(C)(C)NCc1ccc(Oc2ccccc2Br)c(Br)c1. The molecule has 0 fully saturated rings. The first-order chi connectivity index (χ1) is 9.85. The van der Waals surface area contributed by atoms with Crippen LogP contribution >= 0.6 is 31.9 Å². The van der Waals surface area contributed by atoms with E-state index < -0.39 is 0 Å². The lowest BCUT2D eigenvalue weighted by molar-refractivity contribution is 0.424. The second kappa shape index (κ2) is 6.95. The lowest BCUT2D eigenvalue weighted by atomic mass is 10.1. The largest absolute Gasteiger partial charge is 0.455 e. The van der Waals surface area contributed by atoms with Gasteiger partial charge < -0.3 is 10.1 Å². The lowest BCUT2D eigenvalue weighted by Crippen LogP contribution is -2.35. The standard InChI is InChI=1S/C17H19Br2NO/c1-17(2,3)20-11-12-8-9-16(14(19)10-12)21-15-7-5-4-6-13(15)18/h4-10,20H,11H2,1-3H3. The number of ether oxygens (including phenoxy) is 1. The van der Waals surface area contributed by atoms with Crippen molar-refractivity contribution >= 4 is 31.9 Å². The van der Waals surface area contributed by atoms with E-state index in [0.29, 0.717) is 0 Å². The minimum Gasteiger partial charge on any atom is -0.455 e. The molecule has 0 aromatic heterocycles. The van der Waals surface area contributed by atoms with Crippen molar-refractivity contribution in [2.75, 3.05) is 0 Å². The Kier molecular flexibility index (Phi) is 5.47. The van der Waals surface area contributed by atoms with Crippen LogP contribution in [0.25, 0.3) is 0 Å². The molecular formula is C17H19Br2NO. The summed E-state index contributed by atoms with van der Waals surface area (Å²) in [5.74, 6) is 1.61. The molecule has 0 atom stereocenters. The maximum atomic E-state index is 5.93. The van der Waals surface area contributed by atoms with Crippen LogP contribution in [0.15, 0.2) is 51.4 Å². The molecule has 2 rings (SSSR count). The number of hydrogen-bond donors (Lipinski definition) is 1. The van der Waals surface area contributed by atoms with Crippen LogP contribution in [-0.2, 0) is 6.54 Å². The molecule has 0 bridgehead atoms. The summed E-state index contributed by atoms with van der Waals surface area (Å²) in [4.78, 5) is 0. The first kappa shape index (κ1) is 16.5. The van der Waals surface area contributed by atoms with Crippen LogP contribution in [0, 0.1) is 0 Å². The average molecular weight is 413 g/mol. The zero-order valence-corrected chi connectivity index (χ0v) is 15.6. The Hall–Kier alpha value is -0.840. The van der Waals surface area contributed by atoms with Gasteiger partial charge in [0.15, 0.2) is 0 Å². The number of halogens is 2. The van der Waals surface area contributed by atoms with E-state index in [9.17, 15) is 0 Å². The fourth-order valence-electron chi connectivity index (χ4n) is 1.75. The molecule has 0 aliphatic carbocycles. The summed E-state index contributed by atoms with van der Waals surface area (Å²) >= 11 is 7.07. The van der Waals surface area contributed by atoms with Gasteiger partial charge in [0.1, 0.15) is 11.5 Å². The van der Waals surface area contributed by atoms with Crippen LogP contribution < -0.4 is 10.1 Å². The molecule has 0 unspecified atom stereocenters. The number of benzene rings is 2. The summed E-state index contributed by atoms with van der Waals surface area (Å²) in [6.45, 7) is 7.31. The molecule has 0 amide bonds. The highest BCUT2D eigenvalue weighted by molar-refractivity contribution is 9.11. The summed E-state index contributed by atoms with van der Waals surface area (Å²) in [5, 5.41) is 3.47. The maximum Gasteiger partial charge on any atom is 0.141 e. The molecule has 2 aromatic rings. The van der Waals surface area contributed by atoms with E-state index >= 15 is 0 Å². The van der Waals surface area contributed by atoms with Crippen molar-refractivity contribution in [3.63, 3.8) is 0 Å². The van der Waals surface area contributed by atoms with Crippen LogP contribution in [0.5, 0.6) is 11.5 Å². The molecule has 0 radical (unpaired) electrons. The minimum atomic E-state index is 0.108. The maximum absolute atomic E-state index is 5.93. The van der Waals surface area contributed by atoms with Gasteiger partial charge in [-0.2, -0.15) is 0 Å². The van der Waals surface area contributed by atoms with Crippen LogP contribution in [0.3, 0.4) is 0 Å². The Morgan fingerprint density at radius 3 is 2.24 bits per heavy atom. The molecule has 112 valence electrons. The second-order valence-electron chi connectivity index (χ2n) is 5.90. The summed E-state index contributed by atoms with van der Waals surface area (Å²) < 4.78 is 7.82. The van der Waals surface area contributed by atoms with Gasteiger partial charge in [-0.15, -0.1) is 0 Å². The highest BCUT2D eigenvalue weighted by Gasteiger charge is 2.10. The third-order valence-electron chi connectivity index (χ3n) is 2.88. The van der Waals surface area contributed by atoms with Crippen molar-refractivity contribution in [2.45, 2.75) is 32.9 Å². The van der Waals surface area contributed by atoms with E-state index in [0.717, 1.165) is 27.0 Å². The molecule has 0 saturated carbocycles. The molecular weight excluding hydrogens is 394 g/mol. The van der Waals surface area contributed by atoms with Gasteiger partial charge in [-0.05, 0) is 82.5 Å². The van der Waals surface area contributed by atoms with Crippen LogP contribution in [-0.4, -0.2) is 5.54 Å². The van der Waals surface area contributed by atoms with E-state index in [1.165, 1.54) is 5.56 Å². The number of para-hydroxylation sites is 1. The normalized spacial score (nSPS) is 11.5. The monoisotopic (exact) mass is 411 g/mol. The fourth-order valence-corrected chi connectivity index (χ4v) is 2.62. The molecule has 0 heterocycles. The van der Waals surface area contributed by atoms with Crippen molar-refractivity contribution in [1.29, 1.82) is 0 Å². The smallest absolute Gasteiger partial charge is 0.141 e. The Bertz CT molecular complexity index is 620. The van der Waals surface area contributed by atoms with E-state index in [4.69, 9.17) is 4.74 Å². The number of hydrogen-bond acceptors (Lipinski definition) is 2. The lowest BCUT2D eigenvalue weighted by Gasteiger charge is -2.20. The van der Waals surface area contributed by atoms with Crippen molar-refractivity contribution in [3.05, 3.63) is 57.0 Å². The molecule has 1 N–H and O–H groups in total. The second-order valence-corrected chi connectivity index (χ2v) is 7.61. The Balaban J connectivity index is 2.11. The van der Waals surface area contributed by atoms with Crippen molar-refractivity contribution in [3.8, 4) is 11.5 Å². The Labute approximate surface area is 143 Å². The molecule has 0 spiro atoms. The average Bonchev–Trinajstić information content (AvgIpc) is 2.41. The van der Waals surface area contributed by atoms with Crippen LogP contribution in [0.2, 0.25) is 0 Å². The minimum absolute atomic E-state index is 0.108. The number of rotatable bonds is 4. The van der Waals surface area contributed by atoms with Crippen molar-refractivity contribution in [2.24, 2.45) is 0 Å². The van der Waals surface area contributed by atoms with Crippen molar-refractivity contribution < 1.29 is 4.74 Å². The van der Waals surface area contributed by atoms with Crippen LogP contribution in [0.4, 0.5) is 0 Å². The third-order valence-corrected chi connectivity index (χ3v) is 4.15. The van der Waals surface area contributed by atoms with Crippen LogP contribution in [0.1, 0.15) is 26.3 Å². The first-order valence-corrected chi connectivity index (χ1v) is 8.39. The van der Waals surface area contributed by atoms with Gasteiger partial charge in [0.2, 0.25) is 0 Å². The molecule has 0 aliphatic rings. The third kappa shape index (κ3) is 5.13. The summed E-state index contributed by atoms with van der Waals surface area (Å²) in [5.41, 5.74) is 1.33. The predicted octanol–water partition coefficient (Wildman–Crippen LogP) is 5.89. The zero-order chi connectivity index (χ0) is 15.5. The number of nitrogens with one attached hydrogen (secondary N) is 1. The van der Waals surface area contributed by atoms with Crippen molar-refractivity contribution in [1.82, 2.24) is 5.32 Å². The van der Waals surface area contributed by atoms with Gasteiger partial charge in [0, 0.05) is 12.1 Å². The van der Waals surface area contributed by atoms with Gasteiger partial charge in [0.25, 0.3) is 0 Å². The Morgan fingerprint density at radius 2 is 1.62 bits per heavy atom. The van der Waals surface area contributed by atoms with Gasteiger partial charge in [-0.1, -0.05) is 18.2 Å². The van der Waals surface area contributed by atoms with E-state index in [2.05, 4.69) is 70.1 Å². The summed E-state index contributed by atoms with van der Waals surface area (Å²) in [7, 11) is 0. The van der Waals surface area contributed by atoms with Gasteiger partial charge in [-0.3, -0.25) is 0 Å². The zero-order valence-electron chi connectivity index (χ0n) is 12.4. The molecule has 2 aromatic carbocycles. The van der Waals surface area contributed by atoms with Gasteiger partial charge >= 0.3 is 0 Å². The molecule has 0 aliphatic heterocycles. The summed E-state index contributed by atoms with van der Waals surface area (Å²) in [6, 6.07) is 14.0. The van der Waals surface area contributed by atoms with Gasteiger partial charge in [-0.25, -0.2) is 0 Å². The quantitative estimate of drug-likeness (QED) is 0.675. The molecule has 2 nitrogen and oxygen atoms in total.